The molecule has 0 unspecified atom stereocenters. The van der Waals surface area contributed by atoms with Gasteiger partial charge in [-0.25, -0.2) is 17.5 Å². The van der Waals surface area contributed by atoms with Crippen LogP contribution < -0.4 is 14.9 Å². The number of hydrogen-bond acceptors (Lipinski definition) is 8. The van der Waals surface area contributed by atoms with E-state index in [0.717, 1.165) is 16.1 Å². The smallest absolute Gasteiger partial charge is 0.251 e. The van der Waals surface area contributed by atoms with Crippen LogP contribution in [0.2, 0.25) is 0 Å². The Balaban J connectivity index is 1.64. The van der Waals surface area contributed by atoms with E-state index in [4.69, 9.17) is 0 Å². The van der Waals surface area contributed by atoms with Crippen LogP contribution in [0.4, 0.5) is 10.1 Å². The number of aromatic nitrogens is 3. The molecule has 1 heterocycles. The molecule has 0 saturated carbocycles. The summed E-state index contributed by atoms with van der Waals surface area (Å²) in [7, 11) is -2.47. The first-order valence-corrected chi connectivity index (χ1v) is 16.7. The second kappa shape index (κ2) is 14.4. The molecule has 0 saturated heterocycles. The zero-order valence-corrected chi connectivity index (χ0v) is 27.6. The van der Waals surface area contributed by atoms with E-state index in [9.17, 15) is 32.6 Å². The van der Waals surface area contributed by atoms with Gasteiger partial charge in [-0.05, 0) is 68.7 Å². The van der Waals surface area contributed by atoms with Crippen molar-refractivity contribution in [3.05, 3.63) is 113 Å². The Morgan fingerprint density at radius 1 is 1.00 bits per heavy atom. The van der Waals surface area contributed by atoms with Crippen molar-refractivity contribution in [3.8, 4) is 0 Å². The summed E-state index contributed by atoms with van der Waals surface area (Å²) in [6.07, 6.45) is 1.56. The Morgan fingerprint density at radius 3 is 2.15 bits per heavy atom. The van der Waals surface area contributed by atoms with Crippen LogP contribution in [0.5, 0.6) is 0 Å². The number of anilines is 1. The second-order valence-electron chi connectivity index (χ2n) is 12.0. The SMILES string of the molecule is C[C@@H](NC(=O)c1cc(C(=O)N[C@@H](Cc2ccccc2)[C@H](O)Cn2cc(C(C)(C)O)nn2)cc(N(C)S(C)(=O)=O)c1)c1ccc(F)cc1. The van der Waals surface area contributed by atoms with E-state index >= 15 is 0 Å². The van der Waals surface area contributed by atoms with E-state index in [0.29, 0.717) is 11.3 Å². The molecule has 1 aromatic heterocycles. The topological polar surface area (TPSA) is 167 Å². The number of aliphatic hydroxyl groups is 2. The van der Waals surface area contributed by atoms with E-state index in [1.54, 1.807) is 20.8 Å². The molecule has 0 radical (unpaired) electrons. The van der Waals surface area contributed by atoms with Crippen molar-refractivity contribution >= 4 is 27.5 Å². The van der Waals surface area contributed by atoms with E-state index in [2.05, 4.69) is 20.9 Å². The number of amides is 2. The van der Waals surface area contributed by atoms with Crippen molar-refractivity contribution in [3.63, 3.8) is 0 Å². The molecule has 0 aliphatic rings. The number of aliphatic hydroxyl groups excluding tert-OH is 1. The second-order valence-corrected chi connectivity index (χ2v) is 14.0. The highest BCUT2D eigenvalue weighted by atomic mass is 32.2. The highest BCUT2D eigenvalue weighted by Crippen LogP contribution is 2.23. The van der Waals surface area contributed by atoms with Crippen LogP contribution in [0.3, 0.4) is 0 Å². The van der Waals surface area contributed by atoms with Crippen LogP contribution in [0.1, 0.15) is 64.3 Å². The van der Waals surface area contributed by atoms with E-state index in [1.807, 2.05) is 30.3 Å². The zero-order valence-electron chi connectivity index (χ0n) is 26.8. The number of rotatable bonds is 13. The largest absolute Gasteiger partial charge is 0.389 e. The number of halogens is 1. The van der Waals surface area contributed by atoms with Crippen molar-refractivity contribution in [1.29, 1.82) is 0 Å². The van der Waals surface area contributed by atoms with Crippen molar-refractivity contribution < 1.29 is 32.6 Å². The minimum Gasteiger partial charge on any atom is -0.389 e. The summed E-state index contributed by atoms with van der Waals surface area (Å²) in [5.41, 5.74) is 0.592. The lowest BCUT2D eigenvalue weighted by Gasteiger charge is -2.25. The van der Waals surface area contributed by atoms with Gasteiger partial charge in [0.15, 0.2) is 0 Å². The van der Waals surface area contributed by atoms with Crippen LogP contribution in [-0.4, -0.2) is 70.9 Å². The zero-order chi connectivity index (χ0) is 34.5. The maximum absolute atomic E-state index is 13.8. The predicted molar refractivity (Wildman–Crippen MR) is 175 cm³/mol. The summed E-state index contributed by atoms with van der Waals surface area (Å²) in [6.45, 7) is 4.76. The Hall–Kier alpha value is -4.66. The van der Waals surface area contributed by atoms with Crippen molar-refractivity contribution in [1.82, 2.24) is 25.6 Å². The van der Waals surface area contributed by atoms with E-state index in [-0.39, 0.29) is 29.8 Å². The molecular formula is C33H39FN6O6S. The van der Waals surface area contributed by atoms with Gasteiger partial charge < -0.3 is 20.8 Å². The van der Waals surface area contributed by atoms with Gasteiger partial charge in [-0.3, -0.25) is 13.9 Å². The summed E-state index contributed by atoms with van der Waals surface area (Å²) in [6, 6.07) is 17.5. The van der Waals surface area contributed by atoms with Gasteiger partial charge >= 0.3 is 0 Å². The third-order valence-corrected chi connectivity index (χ3v) is 8.85. The van der Waals surface area contributed by atoms with Crippen LogP contribution in [0, 0.1) is 5.82 Å². The molecule has 3 aromatic carbocycles. The molecule has 250 valence electrons. The normalized spacial score (nSPS) is 13.8. The van der Waals surface area contributed by atoms with Crippen molar-refractivity contribution in [2.75, 3.05) is 17.6 Å². The van der Waals surface area contributed by atoms with Crippen molar-refractivity contribution in [2.24, 2.45) is 0 Å². The molecule has 4 rings (SSSR count). The summed E-state index contributed by atoms with van der Waals surface area (Å²) in [5.74, 6) is -1.67. The Labute approximate surface area is 273 Å². The standard InChI is InChI=1S/C33H39FN6O6S/c1-21(23-11-13-26(34)14-12-23)35-31(42)24-16-25(18-27(17-24)39(4)47(5,45)46)32(43)36-28(15-22-9-7-6-8-10-22)29(41)19-40-20-30(37-38-40)33(2,3)44/h6-14,16-18,20-21,28-29,41,44H,15,19H2,1-5H3,(H,35,42)(H,36,43)/t21-,28+,29-/m1/s1. The van der Waals surface area contributed by atoms with Gasteiger partial charge in [0.2, 0.25) is 10.0 Å². The minimum absolute atomic E-state index is 0.0130. The number of carbonyl (C=O) groups is 2. The van der Waals surface area contributed by atoms with E-state index < -0.39 is 51.4 Å². The average molecular weight is 667 g/mol. The van der Waals surface area contributed by atoms with E-state index in [1.165, 1.54) is 60.4 Å². The molecule has 0 bridgehead atoms. The van der Waals surface area contributed by atoms with Gasteiger partial charge in [0.25, 0.3) is 11.8 Å². The monoisotopic (exact) mass is 666 g/mol. The Kier molecular flexibility index (Phi) is 10.8. The predicted octanol–water partition coefficient (Wildman–Crippen LogP) is 2.93. The highest BCUT2D eigenvalue weighted by molar-refractivity contribution is 7.92. The van der Waals surface area contributed by atoms with Crippen LogP contribution >= 0.6 is 0 Å². The summed E-state index contributed by atoms with van der Waals surface area (Å²) < 4.78 is 40.6. The summed E-state index contributed by atoms with van der Waals surface area (Å²) >= 11 is 0. The number of benzene rings is 3. The summed E-state index contributed by atoms with van der Waals surface area (Å²) in [4.78, 5) is 27.2. The number of sulfonamides is 1. The lowest BCUT2D eigenvalue weighted by molar-refractivity contribution is 0.0734. The molecular weight excluding hydrogens is 627 g/mol. The Bertz CT molecular complexity index is 1810. The lowest BCUT2D eigenvalue weighted by atomic mass is 10.00. The molecule has 2 amide bonds. The van der Waals surface area contributed by atoms with Gasteiger partial charge in [0.05, 0.1) is 42.9 Å². The number of carbonyl (C=O) groups excluding carboxylic acids is 2. The quantitative estimate of drug-likeness (QED) is 0.169. The third kappa shape index (κ3) is 9.44. The molecule has 4 aromatic rings. The first-order chi connectivity index (χ1) is 22.0. The Morgan fingerprint density at radius 2 is 1.60 bits per heavy atom. The van der Waals surface area contributed by atoms with Gasteiger partial charge in [-0.2, -0.15) is 0 Å². The molecule has 0 spiro atoms. The first-order valence-electron chi connectivity index (χ1n) is 14.8. The molecule has 0 aliphatic carbocycles. The molecule has 47 heavy (non-hydrogen) atoms. The fourth-order valence-corrected chi connectivity index (χ4v) is 5.24. The molecule has 4 N–H and O–H groups in total. The fourth-order valence-electron chi connectivity index (χ4n) is 4.75. The maximum Gasteiger partial charge on any atom is 0.251 e. The van der Waals surface area contributed by atoms with Crippen LogP contribution in [-0.2, 0) is 28.6 Å². The lowest BCUT2D eigenvalue weighted by Crippen LogP contribution is -2.46. The van der Waals surface area contributed by atoms with Gasteiger partial charge in [0.1, 0.15) is 17.1 Å². The van der Waals surface area contributed by atoms with Gasteiger partial charge in [-0.15, -0.1) is 5.10 Å². The minimum atomic E-state index is -3.77. The molecule has 14 heteroatoms. The third-order valence-electron chi connectivity index (χ3n) is 7.64. The summed E-state index contributed by atoms with van der Waals surface area (Å²) in [5, 5.41) is 35.2. The maximum atomic E-state index is 13.8. The van der Waals surface area contributed by atoms with Gasteiger partial charge in [-0.1, -0.05) is 47.7 Å². The van der Waals surface area contributed by atoms with Gasteiger partial charge in [0, 0.05) is 18.2 Å². The highest BCUT2D eigenvalue weighted by Gasteiger charge is 2.27. The molecule has 0 aliphatic heterocycles. The number of nitrogens with one attached hydrogen (secondary N) is 2. The molecule has 12 nitrogen and oxygen atoms in total. The van der Waals surface area contributed by atoms with Crippen molar-refractivity contribution in [2.45, 2.75) is 57.5 Å². The number of hydrogen-bond donors (Lipinski definition) is 4. The van der Waals surface area contributed by atoms with Crippen LogP contribution in [0.25, 0.3) is 0 Å². The average Bonchev–Trinajstić information content (AvgIpc) is 3.49. The first kappa shape index (κ1) is 35.2. The fraction of sp³-hybridized carbons (Fsp3) is 0.333. The molecule has 0 fully saturated rings. The molecule has 3 atom stereocenters. The van der Waals surface area contributed by atoms with Crippen LogP contribution in [0.15, 0.2) is 79.0 Å². The number of nitrogens with zero attached hydrogens (tertiary/aromatic N) is 4.